The topological polar surface area (TPSA) is 69.0 Å². The van der Waals surface area contributed by atoms with Crippen molar-refractivity contribution in [2.75, 3.05) is 18.0 Å². The zero-order chi connectivity index (χ0) is 24.9. The van der Waals surface area contributed by atoms with Gasteiger partial charge in [-0.3, -0.25) is 4.68 Å². The molecule has 1 aliphatic heterocycles. The quantitative estimate of drug-likeness (QED) is 0.447. The van der Waals surface area contributed by atoms with E-state index >= 15 is 0 Å². The minimum Gasteiger partial charge on any atom is -0.367 e. The number of anilines is 1. The molecule has 4 heterocycles. The highest BCUT2D eigenvalue weighted by atomic mass is 19.4. The van der Waals surface area contributed by atoms with Crippen LogP contribution >= 0.6 is 0 Å². The van der Waals surface area contributed by atoms with E-state index < -0.39 is 11.7 Å². The number of rotatable bonds is 6. The molecule has 0 aromatic carbocycles. The smallest absolute Gasteiger partial charge is 0.367 e. The highest BCUT2D eigenvalue weighted by molar-refractivity contribution is 5.80. The summed E-state index contributed by atoms with van der Waals surface area (Å²) >= 11 is 0. The average Bonchev–Trinajstić information content (AvgIpc) is 3.53. The first-order valence-corrected chi connectivity index (χ1v) is 11.9. The van der Waals surface area contributed by atoms with E-state index in [1.807, 2.05) is 37.7 Å². The molecule has 0 bridgehead atoms. The zero-order valence-corrected chi connectivity index (χ0v) is 20.1. The molecule has 5 rings (SSSR count). The molecule has 1 aliphatic carbocycles. The molecule has 1 saturated carbocycles. The van der Waals surface area contributed by atoms with Crippen molar-refractivity contribution in [1.29, 1.82) is 0 Å². The third-order valence-electron chi connectivity index (χ3n) is 6.69. The Bertz CT molecular complexity index is 1270. The molecule has 35 heavy (non-hydrogen) atoms. The Morgan fingerprint density at radius 1 is 1.14 bits per heavy atom. The molecule has 0 radical (unpaired) electrons. The van der Waals surface area contributed by atoms with Crippen LogP contribution in [0, 0.1) is 13.8 Å². The van der Waals surface area contributed by atoms with Gasteiger partial charge in [-0.1, -0.05) is 6.58 Å². The van der Waals surface area contributed by atoms with Gasteiger partial charge in [0.1, 0.15) is 17.4 Å². The van der Waals surface area contributed by atoms with Gasteiger partial charge in [0.2, 0.25) is 0 Å². The summed E-state index contributed by atoms with van der Waals surface area (Å²) in [5.41, 5.74) is 3.41. The van der Waals surface area contributed by atoms with E-state index in [-0.39, 0.29) is 25.0 Å². The van der Waals surface area contributed by atoms with Crippen LogP contribution in [0.25, 0.3) is 11.0 Å². The second kappa shape index (κ2) is 8.89. The number of aromatic nitrogens is 5. The number of pyridine rings is 1. The van der Waals surface area contributed by atoms with E-state index in [9.17, 15) is 13.2 Å². The number of halogens is 3. The van der Waals surface area contributed by atoms with E-state index in [1.54, 1.807) is 0 Å². The fourth-order valence-corrected chi connectivity index (χ4v) is 4.41. The Labute approximate surface area is 202 Å². The van der Waals surface area contributed by atoms with Crippen LogP contribution in [0.4, 0.5) is 19.0 Å². The lowest BCUT2D eigenvalue weighted by molar-refractivity contribution is -0.0935. The molecule has 2 atom stereocenters. The van der Waals surface area contributed by atoms with Crippen molar-refractivity contribution in [1.82, 2.24) is 24.7 Å². The standard InChI is InChI=1S/C25H29F3N6O/c1-14(25(26,27)28)5-8-20-24-21(30-16(3)17(4)31-24)9-23(32-20)33-11-15(2)35-22(13-33)18-10-29-34(12-18)19-6-7-19/h9-10,12,15,19,22H,1,5-8,11,13H2,2-4H3/t15-,22+/m1/s1. The minimum absolute atomic E-state index is 0.0604. The van der Waals surface area contributed by atoms with Gasteiger partial charge in [0.05, 0.1) is 47.5 Å². The first-order valence-electron chi connectivity index (χ1n) is 11.9. The highest BCUT2D eigenvalue weighted by Gasteiger charge is 2.33. The molecular formula is C25H29F3N6O. The summed E-state index contributed by atoms with van der Waals surface area (Å²) in [5.74, 6) is 0.664. The van der Waals surface area contributed by atoms with Crippen LogP contribution in [0.1, 0.15) is 61.0 Å². The predicted molar refractivity (Wildman–Crippen MR) is 126 cm³/mol. The van der Waals surface area contributed by atoms with Gasteiger partial charge in [-0.25, -0.2) is 15.0 Å². The third kappa shape index (κ3) is 5.03. The zero-order valence-electron chi connectivity index (χ0n) is 20.1. The number of fused-ring (bicyclic) bond motifs is 1. The molecule has 0 unspecified atom stereocenters. The van der Waals surface area contributed by atoms with Gasteiger partial charge >= 0.3 is 6.18 Å². The highest BCUT2D eigenvalue weighted by Crippen LogP contribution is 2.36. The number of morpholine rings is 1. The molecule has 186 valence electrons. The molecule has 2 aliphatic rings. The van der Waals surface area contributed by atoms with Crippen molar-refractivity contribution >= 4 is 16.9 Å². The lowest BCUT2D eigenvalue weighted by Gasteiger charge is -2.37. The van der Waals surface area contributed by atoms with E-state index in [4.69, 9.17) is 9.72 Å². The van der Waals surface area contributed by atoms with Gasteiger partial charge in [-0.15, -0.1) is 0 Å². The third-order valence-corrected chi connectivity index (χ3v) is 6.69. The molecule has 10 heteroatoms. The lowest BCUT2D eigenvalue weighted by Crippen LogP contribution is -2.43. The number of ether oxygens (including phenoxy) is 1. The number of hydrogen-bond donors (Lipinski definition) is 0. The van der Waals surface area contributed by atoms with Crippen LogP contribution in [-0.4, -0.2) is 50.1 Å². The molecule has 3 aromatic rings. The first-order chi connectivity index (χ1) is 16.6. The second-order valence-electron chi connectivity index (χ2n) is 9.62. The van der Waals surface area contributed by atoms with Gasteiger partial charge in [0.15, 0.2) is 0 Å². The molecule has 1 saturated heterocycles. The lowest BCUT2D eigenvalue weighted by atomic mass is 10.1. The molecule has 0 N–H and O–H groups in total. The fraction of sp³-hybridized carbons (Fsp3) is 0.520. The molecule has 2 fully saturated rings. The monoisotopic (exact) mass is 486 g/mol. The summed E-state index contributed by atoms with van der Waals surface area (Å²) in [7, 11) is 0. The van der Waals surface area contributed by atoms with Gasteiger partial charge in [0.25, 0.3) is 0 Å². The van der Waals surface area contributed by atoms with Crippen LogP contribution in [0.3, 0.4) is 0 Å². The van der Waals surface area contributed by atoms with Gasteiger partial charge in [-0.05, 0) is 46.5 Å². The maximum atomic E-state index is 13.1. The maximum absolute atomic E-state index is 13.1. The van der Waals surface area contributed by atoms with Gasteiger partial charge < -0.3 is 9.64 Å². The number of aryl methyl sites for hydroxylation is 3. The Morgan fingerprint density at radius 3 is 2.60 bits per heavy atom. The van der Waals surface area contributed by atoms with E-state index in [0.29, 0.717) is 41.7 Å². The molecule has 0 amide bonds. The number of allylic oxidation sites excluding steroid dienone is 1. The Hall–Kier alpha value is -3.01. The largest absolute Gasteiger partial charge is 0.412 e. The van der Waals surface area contributed by atoms with Gasteiger partial charge in [-0.2, -0.15) is 18.3 Å². The van der Waals surface area contributed by atoms with Crippen LogP contribution in [0.5, 0.6) is 0 Å². The minimum atomic E-state index is -4.43. The van der Waals surface area contributed by atoms with Crippen LogP contribution in [0.2, 0.25) is 0 Å². The summed E-state index contributed by atoms with van der Waals surface area (Å²) in [6.07, 6.45) is 1.39. The van der Waals surface area contributed by atoms with Crippen LogP contribution in [-0.2, 0) is 11.2 Å². The van der Waals surface area contributed by atoms with E-state index in [1.165, 1.54) is 0 Å². The average molecular weight is 487 g/mol. The summed E-state index contributed by atoms with van der Waals surface area (Å²) in [6.45, 7) is 10.1. The number of nitrogens with zero attached hydrogens (tertiary/aromatic N) is 6. The van der Waals surface area contributed by atoms with Crippen LogP contribution in [0.15, 0.2) is 30.6 Å². The molecule has 0 spiro atoms. The number of alkyl halides is 3. The van der Waals surface area contributed by atoms with Crippen LogP contribution < -0.4 is 4.90 Å². The van der Waals surface area contributed by atoms with Crippen molar-refractivity contribution in [2.24, 2.45) is 0 Å². The summed E-state index contributed by atoms with van der Waals surface area (Å²) < 4.78 is 47.5. The predicted octanol–water partition coefficient (Wildman–Crippen LogP) is 5.19. The first kappa shape index (κ1) is 23.7. The maximum Gasteiger partial charge on any atom is 0.412 e. The summed E-state index contributed by atoms with van der Waals surface area (Å²) in [4.78, 5) is 16.2. The molecule has 7 nitrogen and oxygen atoms in total. The van der Waals surface area contributed by atoms with E-state index in [0.717, 1.165) is 29.8 Å². The molecular weight excluding hydrogens is 457 g/mol. The van der Waals surface area contributed by atoms with Crippen molar-refractivity contribution in [3.8, 4) is 0 Å². The second-order valence-corrected chi connectivity index (χ2v) is 9.62. The summed E-state index contributed by atoms with van der Waals surface area (Å²) in [5, 5.41) is 4.49. The Balaban J connectivity index is 1.47. The summed E-state index contributed by atoms with van der Waals surface area (Å²) in [6, 6.07) is 2.36. The molecule has 3 aromatic heterocycles. The fourth-order valence-electron chi connectivity index (χ4n) is 4.41. The van der Waals surface area contributed by atoms with Gasteiger partial charge in [0, 0.05) is 29.9 Å². The van der Waals surface area contributed by atoms with Crippen molar-refractivity contribution in [2.45, 2.75) is 70.9 Å². The van der Waals surface area contributed by atoms with Crippen molar-refractivity contribution in [3.05, 3.63) is 53.3 Å². The van der Waals surface area contributed by atoms with Crippen molar-refractivity contribution < 1.29 is 17.9 Å². The Morgan fingerprint density at radius 2 is 1.89 bits per heavy atom. The number of hydrogen-bond acceptors (Lipinski definition) is 6. The van der Waals surface area contributed by atoms with Crippen molar-refractivity contribution in [3.63, 3.8) is 0 Å². The van der Waals surface area contributed by atoms with E-state index in [2.05, 4.69) is 32.7 Å². The Kier molecular flexibility index (Phi) is 6.03. The normalized spacial score (nSPS) is 21.0. The SMILES string of the molecule is C=C(CCc1nc(N2C[C@@H](C)O[C@H](c3cnn(C4CC4)c3)C2)cc2nc(C)c(C)nc12)C(F)(F)F.